The van der Waals surface area contributed by atoms with Crippen molar-refractivity contribution < 1.29 is 9.53 Å². The van der Waals surface area contributed by atoms with Gasteiger partial charge in [0.2, 0.25) is 5.43 Å². The van der Waals surface area contributed by atoms with Crippen molar-refractivity contribution in [3.63, 3.8) is 0 Å². The monoisotopic (exact) mass is 302 g/mol. The molecule has 0 saturated heterocycles. The quantitative estimate of drug-likeness (QED) is 0.792. The fraction of sp³-hybridized carbons (Fsp3) is 0.176. The molecule has 0 aliphatic carbocycles. The molecule has 0 fully saturated rings. The van der Waals surface area contributed by atoms with Gasteiger partial charge in [-0.2, -0.15) is 0 Å². The molecular weight excluding hydrogens is 288 g/mol. The number of aryl methyl sites for hydroxylation is 3. The number of carbonyl (C=O) groups excluding carboxylic acids is 1. The summed E-state index contributed by atoms with van der Waals surface area (Å²) in [5.74, 6) is -0.504. The molecule has 2 aromatic rings. The van der Waals surface area contributed by atoms with Crippen molar-refractivity contribution in [2.24, 2.45) is 0 Å². The first-order valence-corrected chi connectivity index (χ1v) is 6.86. The van der Waals surface area contributed by atoms with Crippen LogP contribution < -0.4 is 10.2 Å². The minimum Gasteiger partial charge on any atom is -0.418 e. The lowest BCUT2D eigenvalue weighted by molar-refractivity contribution is 0.0732. The second kappa shape index (κ2) is 6.10. The van der Waals surface area contributed by atoms with E-state index in [-0.39, 0.29) is 11.2 Å². The van der Waals surface area contributed by atoms with Crippen LogP contribution in [0.5, 0.6) is 5.75 Å². The van der Waals surface area contributed by atoms with Crippen molar-refractivity contribution in [1.82, 2.24) is 0 Å². The van der Waals surface area contributed by atoms with Crippen LogP contribution in [0, 0.1) is 20.8 Å². The topological polar surface area (TPSA) is 43.4 Å². The summed E-state index contributed by atoms with van der Waals surface area (Å²) in [4.78, 5) is 24.4. The minimum absolute atomic E-state index is 0.0700. The van der Waals surface area contributed by atoms with Gasteiger partial charge in [-0.25, -0.2) is 4.79 Å². The van der Waals surface area contributed by atoms with Crippen molar-refractivity contribution in [2.45, 2.75) is 20.8 Å². The van der Waals surface area contributed by atoms with Crippen molar-refractivity contribution in [3.05, 3.63) is 73.9 Å². The van der Waals surface area contributed by atoms with Gasteiger partial charge in [-0.05, 0) is 50.6 Å². The Morgan fingerprint density at radius 2 is 1.57 bits per heavy atom. The highest BCUT2D eigenvalue weighted by Gasteiger charge is 2.14. The average Bonchev–Trinajstić information content (AvgIpc) is 2.51. The van der Waals surface area contributed by atoms with Gasteiger partial charge in [0, 0.05) is 10.6 Å². The third-order valence-electron chi connectivity index (χ3n) is 3.09. The molecule has 0 atom stereocenters. The smallest absolute Gasteiger partial charge is 0.343 e. The number of esters is 1. The van der Waals surface area contributed by atoms with Gasteiger partial charge in [0.1, 0.15) is 0 Å². The molecule has 0 spiro atoms. The third kappa shape index (κ3) is 3.50. The van der Waals surface area contributed by atoms with E-state index in [2.05, 4.69) is 0 Å². The summed E-state index contributed by atoms with van der Waals surface area (Å²) in [7, 11) is 0. The summed E-state index contributed by atoms with van der Waals surface area (Å²) in [5.41, 5.74) is 2.19. The summed E-state index contributed by atoms with van der Waals surface area (Å²) < 4.78 is 5.30. The van der Waals surface area contributed by atoms with Crippen molar-refractivity contribution in [3.8, 4) is 5.75 Å². The first-order valence-electron chi connectivity index (χ1n) is 6.48. The maximum Gasteiger partial charge on any atom is 0.343 e. The van der Waals surface area contributed by atoms with E-state index in [1.54, 1.807) is 44.2 Å². The molecule has 0 aliphatic rings. The van der Waals surface area contributed by atoms with Crippen LogP contribution in [-0.2, 0) is 0 Å². The van der Waals surface area contributed by atoms with Crippen molar-refractivity contribution >= 4 is 17.6 Å². The van der Waals surface area contributed by atoms with Crippen LogP contribution in [0.2, 0.25) is 5.02 Å². The minimum atomic E-state index is -0.574. The number of hydrogen-bond acceptors (Lipinski definition) is 3. The van der Waals surface area contributed by atoms with E-state index in [4.69, 9.17) is 16.3 Å². The lowest BCUT2D eigenvalue weighted by atomic mass is 10.2. The summed E-state index contributed by atoms with van der Waals surface area (Å²) in [6.07, 6.45) is 0. The van der Waals surface area contributed by atoms with Crippen LogP contribution in [0.1, 0.15) is 27.0 Å². The van der Waals surface area contributed by atoms with Crippen LogP contribution >= 0.6 is 11.6 Å². The summed E-state index contributed by atoms with van der Waals surface area (Å²) in [5, 5.41) is 0.532. The maximum absolute atomic E-state index is 12.3. The molecule has 0 unspecified atom stereocenters. The molecule has 4 heteroatoms. The van der Waals surface area contributed by atoms with Gasteiger partial charge in [0.15, 0.2) is 5.75 Å². The highest BCUT2D eigenvalue weighted by molar-refractivity contribution is 6.30. The van der Waals surface area contributed by atoms with E-state index in [1.807, 2.05) is 13.0 Å². The molecule has 2 aromatic carbocycles. The molecule has 21 heavy (non-hydrogen) atoms. The maximum atomic E-state index is 12.3. The van der Waals surface area contributed by atoms with E-state index < -0.39 is 5.97 Å². The Hall–Kier alpha value is -2.13. The molecule has 0 N–H and O–H groups in total. The molecule has 0 aliphatic heterocycles. The Bertz CT molecular complexity index is 749. The zero-order valence-electron chi connectivity index (χ0n) is 12.1. The number of halogens is 1. The lowest BCUT2D eigenvalue weighted by Crippen LogP contribution is -2.15. The Morgan fingerprint density at radius 3 is 2.19 bits per heavy atom. The highest BCUT2D eigenvalue weighted by Crippen LogP contribution is 2.17. The molecule has 0 heterocycles. The predicted octanol–water partition coefficient (Wildman–Crippen LogP) is 3.84. The molecule has 108 valence electrons. The summed E-state index contributed by atoms with van der Waals surface area (Å²) >= 11 is 5.78. The first-order chi connectivity index (χ1) is 9.88. The van der Waals surface area contributed by atoms with Gasteiger partial charge < -0.3 is 4.74 Å². The Balaban J connectivity index is 2.43. The number of rotatable bonds is 2. The van der Waals surface area contributed by atoms with Gasteiger partial charge in [-0.15, -0.1) is 0 Å². The molecule has 0 bridgehead atoms. The SMILES string of the molecule is Cc1cc(C)c(OC(=O)c2ccc(Cl)cc2)c(=O)c(C)c1. The summed E-state index contributed by atoms with van der Waals surface area (Å²) in [6.45, 7) is 5.34. The summed E-state index contributed by atoms with van der Waals surface area (Å²) in [6, 6.07) is 9.91. The predicted molar refractivity (Wildman–Crippen MR) is 83.3 cm³/mol. The third-order valence-corrected chi connectivity index (χ3v) is 3.34. The van der Waals surface area contributed by atoms with Crippen LogP contribution in [0.25, 0.3) is 0 Å². The van der Waals surface area contributed by atoms with E-state index in [9.17, 15) is 9.59 Å². The molecular formula is C17H15ClO3. The van der Waals surface area contributed by atoms with E-state index in [0.717, 1.165) is 5.56 Å². The standard InChI is InChI=1S/C17H15ClO3/c1-10-8-11(2)15(19)16(12(3)9-10)21-17(20)13-4-6-14(18)7-5-13/h4-9H,1-3H3. The Labute approximate surface area is 128 Å². The second-order valence-corrected chi connectivity index (χ2v) is 5.39. The van der Waals surface area contributed by atoms with Gasteiger partial charge in [0.25, 0.3) is 0 Å². The number of hydrogen-bond donors (Lipinski definition) is 0. The molecule has 3 nitrogen and oxygen atoms in total. The highest BCUT2D eigenvalue weighted by atomic mass is 35.5. The van der Waals surface area contributed by atoms with Crippen LogP contribution in [-0.4, -0.2) is 5.97 Å². The fourth-order valence-corrected chi connectivity index (χ4v) is 2.20. The van der Waals surface area contributed by atoms with Gasteiger partial charge in [-0.1, -0.05) is 29.3 Å². The van der Waals surface area contributed by atoms with Gasteiger partial charge in [0.05, 0.1) is 5.56 Å². The first kappa shape index (κ1) is 15.3. The fourth-order valence-electron chi connectivity index (χ4n) is 2.08. The molecule has 0 amide bonds. The molecule has 2 rings (SSSR count). The van der Waals surface area contributed by atoms with Crippen LogP contribution in [0.3, 0.4) is 0 Å². The molecule has 0 aromatic heterocycles. The molecule has 0 saturated carbocycles. The molecule has 0 radical (unpaired) electrons. The average molecular weight is 303 g/mol. The van der Waals surface area contributed by atoms with Crippen LogP contribution in [0.15, 0.2) is 41.2 Å². The van der Waals surface area contributed by atoms with E-state index in [0.29, 0.717) is 21.7 Å². The number of carbonyl (C=O) groups is 1. The zero-order valence-corrected chi connectivity index (χ0v) is 12.8. The van der Waals surface area contributed by atoms with Crippen molar-refractivity contribution in [2.75, 3.05) is 0 Å². The van der Waals surface area contributed by atoms with Gasteiger partial charge in [-0.3, -0.25) is 4.79 Å². The van der Waals surface area contributed by atoms with Crippen molar-refractivity contribution in [1.29, 1.82) is 0 Å². The number of benzene rings is 1. The van der Waals surface area contributed by atoms with E-state index >= 15 is 0 Å². The second-order valence-electron chi connectivity index (χ2n) is 4.95. The van der Waals surface area contributed by atoms with E-state index in [1.165, 1.54) is 0 Å². The number of ether oxygens (including phenoxy) is 1. The Morgan fingerprint density at radius 1 is 1.00 bits per heavy atom. The zero-order chi connectivity index (χ0) is 15.6. The largest absolute Gasteiger partial charge is 0.418 e. The van der Waals surface area contributed by atoms with Crippen LogP contribution in [0.4, 0.5) is 0 Å². The lowest BCUT2D eigenvalue weighted by Gasteiger charge is -2.05. The Kier molecular flexibility index (Phi) is 4.43. The van der Waals surface area contributed by atoms with Gasteiger partial charge >= 0.3 is 5.97 Å². The normalized spacial score (nSPS) is 10.3.